The fourth-order valence-electron chi connectivity index (χ4n) is 4.20. The lowest BCUT2D eigenvalue weighted by molar-refractivity contribution is 0.339. The monoisotopic (exact) mass is 337 g/mol. The number of benzene rings is 2. The van der Waals surface area contributed by atoms with Gasteiger partial charge in [-0.05, 0) is 59.4 Å². The van der Waals surface area contributed by atoms with Gasteiger partial charge >= 0.3 is 0 Å². The Hall–Kier alpha value is -2.46. The zero-order valence-electron chi connectivity index (χ0n) is 14.9. The van der Waals surface area contributed by atoms with Gasteiger partial charge in [-0.25, -0.2) is 0 Å². The van der Waals surface area contributed by atoms with Gasteiger partial charge in [0.25, 0.3) is 0 Å². The maximum atomic E-state index is 10.3. The van der Waals surface area contributed by atoms with Crippen molar-refractivity contribution in [1.82, 2.24) is 4.90 Å². The van der Waals surface area contributed by atoms with Crippen LogP contribution < -0.4 is 9.47 Å². The summed E-state index contributed by atoms with van der Waals surface area (Å²) in [5.74, 6) is 1.46. The molecule has 1 N–H and O–H groups in total. The second-order valence-electron chi connectivity index (χ2n) is 6.88. The average molecular weight is 337 g/mol. The quantitative estimate of drug-likeness (QED) is 0.933. The van der Waals surface area contributed by atoms with Crippen LogP contribution in [0.2, 0.25) is 0 Å². The summed E-state index contributed by atoms with van der Waals surface area (Å²) in [6, 6.07) is 12.4. The second-order valence-corrected chi connectivity index (χ2v) is 6.88. The summed E-state index contributed by atoms with van der Waals surface area (Å²) < 4.78 is 10.8. The number of fused-ring (bicyclic) bond motifs is 2. The molecule has 4 rings (SSSR count). The molecule has 0 aromatic heterocycles. The molecule has 2 aromatic carbocycles. The van der Waals surface area contributed by atoms with E-state index >= 15 is 0 Å². The van der Waals surface area contributed by atoms with Gasteiger partial charge in [0.2, 0.25) is 5.75 Å². The first-order valence-corrected chi connectivity index (χ1v) is 8.57. The van der Waals surface area contributed by atoms with Gasteiger partial charge in [0.1, 0.15) is 0 Å². The van der Waals surface area contributed by atoms with E-state index in [1.165, 1.54) is 22.3 Å². The molecule has 4 heteroatoms. The Bertz CT molecular complexity index is 831. The molecule has 0 spiro atoms. The highest BCUT2D eigenvalue weighted by molar-refractivity contribution is 5.87. The molecule has 0 amide bonds. The van der Waals surface area contributed by atoms with Gasteiger partial charge in [-0.15, -0.1) is 0 Å². The number of phenolic OH excluding ortho intramolecular Hbond substituents is 1. The normalized spacial score (nSPS) is 19.6. The van der Waals surface area contributed by atoms with Gasteiger partial charge in [-0.3, -0.25) is 0 Å². The van der Waals surface area contributed by atoms with E-state index in [1.54, 1.807) is 14.2 Å². The fraction of sp³-hybridized carbons (Fsp3) is 0.333. The first-order valence-electron chi connectivity index (χ1n) is 8.57. The van der Waals surface area contributed by atoms with Crippen LogP contribution in [0.1, 0.15) is 16.7 Å². The van der Waals surface area contributed by atoms with Crippen molar-refractivity contribution in [3.8, 4) is 17.2 Å². The van der Waals surface area contributed by atoms with Gasteiger partial charge in [0, 0.05) is 13.1 Å². The standard InChI is InChI=1S/C21H23NO3/c1-22-11-15-8-13-6-4-5-7-16(13)20(17(15)12-22)14-9-18(24-2)21(23)19(10-14)25-3/h4-7,9-10,15,23H,8,11-12H2,1-3H3. The van der Waals surface area contributed by atoms with Gasteiger partial charge in [0.05, 0.1) is 14.2 Å². The van der Waals surface area contributed by atoms with Crippen molar-refractivity contribution in [3.63, 3.8) is 0 Å². The number of rotatable bonds is 3. The van der Waals surface area contributed by atoms with E-state index in [0.717, 1.165) is 25.1 Å². The van der Waals surface area contributed by atoms with E-state index in [0.29, 0.717) is 17.4 Å². The largest absolute Gasteiger partial charge is 0.502 e. The van der Waals surface area contributed by atoms with Crippen LogP contribution in [0, 0.1) is 5.92 Å². The molecule has 1 aliphatic carbocycles. The summed E-state index contributed by atoms with van der Waals surface area (Å²) >= 11 is 0. The van der Waals surface area contributed by atoms with Crippen molar-refractivity contribution in [2.75, 3.05) is 34.4 Å². The molecular formula is C21H23NO3. The number of aromatic hydroxyl groups is 1. The van der Waals surface area contributed by atoms with Crippen LogP contribution in [0.25, 0.3) is 5.57 Å². The highest BCUT2D eigenvalue weighted by Crippen LogP contribution is 2.46. The Labute approximate surface area is 148 Å². The molecule has 130 valence electrons. The first-order chi connectivity index (χ1) is 12.1. The zero-order valence-corrected chi connectivity index (χ0v) is 14.9. The zero-order chi connectivity index (χ0) is 17.6. The lowest BCUT2D eigenvalue weighted by Gasteiger charge is -2.26. The minimum atomic E-state index is 0.0449. The Morgan fingerprint density at radius 3 is 2.44 bits per heavy atom. The van der Waals surface area contributed by atoms with E-state index < -0.39 is 0 Å². The number of nitrogens with zero attached hydrogens (tertiary/aromatic N) is 1. The van der Waals surface area contributed by atoms with Crippen LogP contribution in [-0.4, -0.2) is 44.4 Å². The van der Waals surface area contributed by atoms with Gasteiger partial charge in [-0.1, -0.05) is 24.3 Å². The van der Waals surface area contributed by atoms with Crippen LogP contribution >= 0.6 is 0 Å². The Balaban J connectivity index is 1.97. The van der Waals surface area contributed by atoms with Crippen LogP contribution in [0.5, 0.6) is 17.2 Å². The predicted molar refractivity (Wildman–Crippen MR) is 98.4 cm³/mol. The van der Waals surface area contributed by atoms with Crippen molar-refractivity contribution in [3.05, 3.63) is 58.7 Å². The van der Waals surface area contributed by atoms with E-state index in [2.05, 4.69) is 36.2 Å². The van der Waals surface area contributed by atoms with Gasteiger partial charge in [-0.2, -0.15) is 0 Å². The highest BCUT2D eigenvalue weighted by atomic mass is 16.5. The van der Waals surface area contributed by atoms with E-state index in [-0.39, 0.29) is 5.75 Å². The molecule has 2 aromatic rings. The number of methoxy groups -OCH3 is 2. The molecule has 0 bridgehead atoms. The van der Waals surface area contributed by atoms with Crippen molar-refractivity contribution < 1.29 is 14.6 Å². The molecule has 1 unspecified atom stereocenters. The third kappa shape index (κ3) is 2.57. The van der Waals surface area contributed by atoms with E-state index in [9.17, 15) is 5.11 Å². The smallest absolute Gasteiger partial charge is 0.200 e. The molecule has 1 saturated heterocycles. The molecule has 2 aliphatic rings. The summed E-state index contributed by atoms with van der Waals surface area (Å²) in [6.07, 6.45) is 1.09. The topological polar surface area (TPSA) is 41.9 Å². The van der Waals surface area contributed by atoms with E-state index in [4.69, 9.17) is 9.47 Å². The lowest BCUT2D eigenvalue weighted by Crippen LogP contribution is -2.17. The molecule has 1 aliphatic heterocycles. The summed E-state index contributed by atoms with van der Waals surface area (Å²) in [5.41, 5.74) is 6.42. The van der Waals surface area contributed by atoms with Crippen LogP contribution in [0.15, 0.2) is 42.0 Å². The number of likely N-dealkylation sites (N-methyl/N-ethyl adjacent to an activating group) is 1. The molecule has 1 atom stereocenters. The third-order valence-electron chi connectivity index (χ3n) is 5.31. The van der Waals surface area contributed by atoms with Gasteiger partial charge in [0.15, 0.2) is 11.5 Å². The Morgan fingerprint density at radius 2 is 1.76 bits per heavy atom. The predicted octanol–water partition coefficient (Wildman–Crippen LogP) is 3.33. The van der Waals surface area contributed by atoms with Crippen LogP contribution in [0.3, 0.4) is 0 Å². The summed E-state index contributed by atoms with van der Waals surface area (Å²) in [5, 5.41) is 10.3. The maximum Gasteiger partial charge on any atom is 0.200 e. The SMILES string of the molecule is COc1cc(C2=C3CN(C)CC3Cc3ccccc32)cc(OC)c1O. The fourth-order valence-corrected chi connectivity index (χ4v) is 4.20. The molecule has 0 radical (unpaired) electrons. The summed E-state index contributed by atoms with van der Waals surface area (Å²) in [6.45, 7) is 2.05. The molecule has 25 heavy (non-hydrogen) atoms. The van der Waals surface area contributed by atoms with Crippen LogP contribution in [-0.2, 0) is 6.42 Å². The molecule has 4 nitrogen and oxygen atoms in total. The number of hydrogen-bond acceptors (Lipinski definition) is 4. The highest BCUT2D eigenvalue weighted by Gasteiger charge is 2.34. The average Bonchev–Trinajstić information content (AvgIpc) is 2.99. The van der Waals surface area contributed by atoms with Crippen molar-refractivity contribution >= 4 is 5.57 Å². The van der Waals surface area contributed by atoms with Crippen LogP contribution in [0.4, 0.5) is 0 Å². The van der Waals surface area contributed by atoms with Crippen molar-refractivity contribution in [1.29, 1.82) is 0 Å². The van der Waals surface area contributed by atoms with Gasteiger partial charge < -0.3 is 19.5 Å². The Morgan fingerprint density at radius 1 is 1.08 bits per heavy atom. The number of hydrogen-bond donors (Lipinski definition) is 1. The minimum Gasteiger partial charge on any atom is -0.502 e. The van der Waals surface area contributed by atoms with E-state index in [1.807, 2.05) is 12.1 Å². The number of ether oxygens (including phenoxy) is 2. The molecular weight excluding hydrogens is 314 g/mol. The minimum absolute atomic E-state index is 0.0449. The van der Waals surface area contributed by atoms with Crippen molar-refractivity contribution in [2.45, 2.75) is 6.42 Å². The maximum absolute atomic E-state index is 10.3. The second kappa shape index (κ2) is 6.12. The molecule has 1 fully saturated rings. The summed E-state index contributed by atoms with van der Waals surface area (Å²) in [7, 11) is 5.31. The van der Waals surface area contributed by atoms with Crippen molar-refractivity contribution in [2.24, 2.45) is 5.92 Å². The number of likely N-dealkylation sites (tertiary alicyclic amines) is 1. The lowest BCUT2D eigenvalue weighted by atomic mass is 9.77. The number of phenols is 1. The molecule has 0 saturated carbocycles. The Kier molecular flexibility index (Phi) is 3.92. The molecule has 1 heterocycles. The third-order valence-corrected chi connectivity index (χ3v) is 5.31. The summed E-state index contributed by atoms with van der Waals surface area (Å²) in [4.78, 5) is 2.38. The first kappa shape index (κ1) is 16.0.